The Hall–Kier alpha value is -2.82. The van der Waals surface area contributed by atoms with Gasteiger partial charge in [0.15, 0.2) is 6.61 Å². The van der Waals surface area contributed by atoms with Gasteiger partial charge in [0.25, 0.3) is 5.91 Å². The fourth-order valence-corrected chi connectivity index (χ4v) is 1.86. The highest BCUT2D eigenvalue weighted by Crippen LogP contribution is 2.12. The lowest BCUT2D eigenvalue weighted by Crippen LogP contribution is -2.24. The van der Waals surface area contributed by atoms with E-state index in [1.54, 1.807) is 6.21 Å². The second-order valence-corrected chi connectivity index (χ2v) is 5.31. The molecular weight excluding hydrogens is 304 g/mol. The van der Waals surface area contributed by atoms with Crippen LogP contribution < -0.4 is 14.9 Å². The maximum absolute atomic E-state index is 11.7. The number of nitrogens with one attached hydrogen (secondary N) is 1. The number of benzene rings is 2. The zero-order valence-corrected chi connectivity index (χ0v) is 14.0. The molecule has 0 saturated heterocycles. The number of carbonyl (C=O) groups excluding carboxylic acids is 1. The molecule has 0 unspecified atom stereocenters. The molecule has 0 bridgehead atoms. The molecule has 2 aromatic rings. The molecule has 1 N–H and O–H groups in total. The van der Waals surface area contributed by atoms with E-state index in [-0.39, 0.29) is 12.5 Å². The topological polar surface area (TPSA) is 59.9 Å². The lowest BCUT2D eigenvalue weighted by Gasteiger charge is -2.05. The fraction of sp³-hybridized carbons (Fsp3) is 0.263. The van der Waals surface area contributed by atoms with Crippen molar-refractivity contribution in [2.75, 3.05) is 13.2 Å². The van der Waals surface area contributed by atoms with Crippen LogP contribution in [0.3, 0.4) is 0 Å². The molecule has 0 aliphatic rings. The molecular formula is C19H22N2O3. The molecule has 0 heterocycles. The van der Waals surface area contributed by atoms with E-state index >= 15 is 0 Å². The maximum atomic E-state index is 11.7. The number of carbonyl (C=O) groups is 1. The van der Waals surface area contributed by atoms with Crippen molar-refractivity contribution in [1.29, 1.82) is 0 Å². The zero-order chi connectivity index (χ0) is 17.2. The van der Waals surface area contributed by atoms with Crippen LogP contribution in [0, 0.1) is 6.92 Å². The molecule has 0 fully saturated rings. The molecule has 0 aromatic heterocycles. The first-order chi connectivity index (χ1) is 11.7. The number of aryl methyl sites for hydroxylation is 1. The highest BCUT2D eigenvalue weighted by Gasteiger charge is 2.01. The van der Waals surface area contributed by atoms with Crippen molar-refractivity contribution < 1.29 is 14.3 Å². The van der Waals surface area contributed by atoms with Crippen LogP contribution in [0.2, 0.25) is 0 Å². The van der Waals surface area contributed by atoms with Gasteiger partial charge in [-0.1, -0.05) is 24.6 Å². The zero-order valence-electron chi connectivity index (χ0n) is 14.0. The van der Waals surface area contributed by atoms with Crippen LogP contribution in [0.4, 0.5) is 0 Å². The Labute approximate surface area is 142 Å². The first-order valence-electron chi connectivity index (χ1n) is 7.91. The minimum absolute atomic E-state index is 0.0792. The number of hydrogen-bond donors (Lipinski definition) is 1. The van der Waals surface area contributed by atoms with Gasteiger partial charge in [0, 0.05) is 0 Å². The highest BCUT2D eigenvalue weighted by molar-refractivity contribution is 5.83. The van der Waals surface area contributed by atoms with Gasteiger partial charge in [0.1, 0.15) is 11.5 Å². The van der Waals surface area contributed by atoms with Crippen LogP contribution in [0.5, 0.6) is 11.5 Å². The summed E-state index contributed by atoms with van der Waals surface area (Å²) in [6, 6.07) is 15.0. The number of rotatable bonds is 8. The van der Waals surface area contributed by atoms with Gasteiger partial charge in [-0.25, -0.2) is 5.43 Å². The normalized spacial score (nSPS) is 10.6. The van der Waals surface area contributed by atoms with E-state index < -0.39 is 0 Å². The van der Waals surface area contributed by atoms with Crippen molar-refractivity contribution in [3.05, 3.63) is 59.7 Å². The Balaban J connectivity index is 1.74. The summed E-state index contributed by atoms with van der Waals surface area (Å²) in [7, 11) is 0. The average molecular weight is 326 g/mol. The van der Waals surface area contributed by atoms with Crippen LogP contribution in [-0.2, 0) is 4.79 Å². The van der Waals surface area contributed by atoms with Crippen LogP contribution in [0.25, 0.3) is 0 Å². The van der Waals surface area contributed by atoms with Crippen molar-refractivity contribution in [3.63, 3.8) is 0 Å². The molecule has 5 heteroatoms. The fourth-order valence-electron chi connectivity index (χ4n) is 1.86. The van der Waals surface area contributed by atoms with Gasteiger partial charge in [0.2, 0.25) is 0 Å². The molecule has 2 aromatic carbocycles. The molecule has 0 aliphatic heterocycles. The predicted molar refractivity (Wildman–Crippen MR) is 94.6 cm³/mol. The van der Waals surface area contributed by atoms with Gasteiger partial charge in [-0.05, 0) is 55.3 Å². The summed E-state index contributed by atoms with van der Waals surface area (Å²) < 4.78 is 10.9. The quantitative estimate of drug-likeness (QED) is 0.598. The first-order valence-corrected chi connectivity index (χ1v) is 7.91. The SMILES string of the molecule is CCCOc1ccc(/C=N\NC(=O)COc2ccc(C)cc2)cc1. The Morgan fingerprint density at radius 1 is 1.04 bits per heavy atom. The van der Waals surface area contributed by atoms with E-state index in [1.165, 1.54) is 0 Å². The smallest absolute Gasteiger partial charge is 0.277 e. The minimum Gasteiger partial charge on any atom is -0.494 e. The van der Waals surface area contributed by atoms with Crippen LogP contribution in [0.1, 0.15) is 24.5 Å². The van der Waals surface area contributed by atoms with Gasteiger partial charge in [-0.3, -0.25) is 4.79 Å². The Kier molecular flexibility index (Phi) is 6.83. The summed E-state index contributed by atoms with van der Waals surface area (Å²) in [5.41, 5.74) is 4.45. The first kappa shape index (κ1) is 17.5. The van der Waals surface area contributed by atoms with E-state index in [1.807, 2.05) is 55.5 Å². The molecule has 0 spiro atoms. The maximum Gasteiger partial charge on any atom is 0.277 e. The molecule has 0 aliphatic carbocycles. The molecule has 0 saturated carbocycles. The second-order valence-electron chi connectivity index (χ2n) is 5.31. The molecule has 0 radical (unpaired) electrons. The van der Waals surface area contributed by atoms with Crippen molar-refractivity contribution in [2.24, 2.45) is 5.10 Å². The van der Waals surface area contributed by atoms with Crippen LogP contribution in [0.15, 0.2) is 53.6 Å². The summed E-state index contributed by atoms with van der Waals surface area (Å²) in [6.45, 7) is 4.68. The average Bonchev–Trinajstić information content (AvgIpc) is 2.60. The summed E-state index contributed by atoms with van der Waals surface area (Å²) in [6.07, 6.45) is 2.55. The molecule has 2 rings (SSSR count). The molecule has 5 nitrogen and oxygen atoms in total. The van der Waals surface area contributed by atoms with Gasteiger partial charge in [0.05, 0.1) is 12.8 Å². The molecule has 24 heavy (non-hydrogen) atoms. The monoisotopic (exact) mass is 326 g/mol. The molecule has 126 valence electrons. The number of ether oxygens (including phenoxy) is 2. The molecule has 0 atom stereocenters. The van der Waals surface area contributed by atoms with Crippen molar-refractivity contribution in [1.82, 2.24) is 5.43 Å². The van der Waals surface area contributed by atoms with E-state index in [0.29, 0.717) is 12.4 Å². The largest absolute Gasteiger partial charge is 0.494 e. The standard InChI is InChI=1S/C19H22N2O3/c1-3-12-23-17-10-6-16(7-11-17)13-20-21-19(22)14-24-18-8-4-15(2)5-9-18/h4-11,13H,3,12,14H2,1-2H3,(H,21,22)/b20-13-. The van der Waals surface area contributed by atoms with Crippen molar-refractivity contribution in [3.8, 4) is 11.5 Å². The van der Waals surface area contributed by atoms with E-state index in [4.69, 9.17) is 9.47 Å². The van der Waals surface area contributed by atoms with Gasteiger partial charge in [-0.15, -0.1) is 0 Å². The van der Waals surface area contributed by atoms with E-state index in [9.17, 15) is 4.79 Å². The van der Waals surface area contributed by atoms with Gasteiger partial charge in [-0.2, -0.15) is 5.10 Å². The van der Waals surface area contributed by atoms with E-state index in [2.05, 4.69) is 17.5 Å². The number of nitrogens with zero attached hydrogens (tertiary/aromatic N) is 1. The second kappa shape index (κ2) is 9.35. The summed E-state index contributed by atoms with van der Waals surface area (Å²) in [5.74, 6) is 1.17. The minimum atomic E-state index is -0.310. The Morgan fingerprint density at radius 2 is 1.67 bits per heavy atom. The van der Waals surface area contributed by atoms with Gasteiger partial charge >= 0.3 is 0 Å². The van der Waals surface area contributed by atoms with Crippen LogP contribution in [-0.4, -0.2) is 25.3 Å². The summed E-state index contributed by atoms with van der Waals surface area (Å²) in [5, 5.41) is 3.91. The third-order valence-electron chi connectivity index (χ3n) is 3.15. The number of hydrogen-bond acceptors (Lipinski definition) is 4. The summed E-state index contributed by atoms with van der Waals surface area (Å²) in [4.78, 5) is 11.7. The van der Waals surface area contributed by atoms with Crippen molar-refractivity contribution >= 4 is 12.1 Å². The number of hydrazone groups is 1. The Morgan fingerprint density at radius 3 is 2.33 bits per heavy atom. The van der Waals surface area contributed by atoms with E-state index in [0.717, 1.165) is 23.3 Å². The van der Waals surface area contributed by atoms with Crippen LogP contribution >= 0.6 is 0 Å². The Bertz CT molecular complexity index is 664. The third-order valence-corrected chi connectivity index (χ3v) is 3.15. The summed E-state index contributed by atoms with van der Waals surface area (Å²) >= 11 is 0. The predicted octanol–water partition coefficient (Wildman–Crippen LogP) is 3.31. The van der Waals surface area contributed by atoms with Crippen molar-refractivity contribution in [2.45, 2.75) is 20.3 Å². The molecule has 1 amide bonds. The highest BCUT2D eigenvalue weighted by atomic mass is 16.5. The lowest BCUT2D eigenvalue weighted by molar-refractivity contribution is -0.123. The number of amides is 1. The van der Waals surface area contributed by atoms with Gasteiger partial charge < -0.3 is 9.47 Å². The lowest BCUT2D eigenvalue weighted by atomic mass is 10.2. The third kappa shape index (κ3) is 6.12.